The summed E-state index contributed by atoms with van der Waals surface area (Å²) >= 11 is 0. The smallest absolute Gasteiger partial charge is 0.356 e. The first-order valence-corrected chi connectivity index (χ1v) is 7.03. The van der Waals surface area contributed by atoms with E-state index in [2.05, 4.69) is 4.98 Å². The first-order chi connectivity index (χ1) is 11.2. The number of hydrogen-bond donors (Lipinski definition) is 0. The predicted molar refractivity (Wildman–Crippen MR) is 83.8 cm³/mol. The molecule has 1 aromatic heterocycles. The first kappa shape index (κ1) is 15.0. The number of pyridine rings is 1. The van der Waals surface area contributed by atoms with E-state index in [1.54, 1.807) is 0 Å². The van der Waals surface area contributed by atoms with Gasteiger partial charge in [-0.15, -0.1) is 0 Å². The molecular weight excluding hydrogens is 297 g/mol. The molecule has 0 radical (unpaired) electrons. The molecule has 0 bridgehead atoms. The topological polar surface area (TPSA) is 48.4 Å². The van der Waals surface area contributed by atoms with Crippen LogP contribution in [0.15, 0.2) is 54.6 Å². The highest BCUT2D eigenvalue weighted by Gasteiger charge is 2.14. The van der Waals surface area contributed by atoms with Gasteiger partial charge in [-0.25, -0.2) is 14.2 Å². The van der Waals surface area contributed by atoms with Crippen molar-refractivity contribution in [3.8, 4) is 5.75 Å². The van der Waals surface area contributed by atoms with Crippen molar-refractivity contribution in [1.29, 1.82) is 0 Å². The summed E-state index contributed by atoms with van der Waals surface area (Å²) in [5.41, 5.74) is 1.56. The molecule has 0 atom stereocenters. The van der Waals surface area contributed by atoms with Gasteiger partial charge < -0.3 is 9.47 Å². The molecule has 0 saturated carbocycles. The van der Waals surface area contributed by atoms with Crippen LogP contribution in [0.4, 0.5) is 4.39 Å². The van der Waals surface area contributed by atoms with E-state index in [1.165, 1.54) is 31.4 Å². The second kappa shape index (κ2) is 6.44. The lowest BCUT2D eigenvalue weighted by Crippen LogP contribution is -2.06. The van der Waals surface area contributed by atoms with Gasteiger partial charge in [-0.05, 0) is 23.8 Å². The number of esters is 1. The highest BCUT2D eigenvalue weighted by molar-refractivity contribution is 5.94. The van der Waals surface area contributed by atoms with Gasteiger partial charge >= 0.3 is 5.97 Å². The van der Waals surface area contributed by atoms with Crippen molar-refractivity contribution in [2.24, 2.45) is 0 Å². The molecule has 0 N–H and O–H groups in total. The van der Waals surface area contributed by atoms with E-state index in [0.717, 1.165) is 5.56 Å². The molecule has 4 nitrogen and oxygen atoms in total. The first-order valence-electron chi connectivity index (χ1n) is 7.03. The van der Waals surface area contributed by atoms with Crippen LogP contribution in [-0.2, 0) is 11.3 Å². The van der Waals surface area contributed by atoms with Crippen molar-refractivity contribution in [3.63, 3.8) is 0 Å². The Morgan fingerprint density at radius 2 is 1.91 bits per heavy atom. The van der Waals surface area contributed by atoms with E-state index < -0.39 is 11.8 Å². The van der Waals surface area contributed by atoms with E-state index in [9.17, 15) is 9.18 Å². The van der Waals surface area contributed by atoms with Crippen LogP contribution in [0.3, 0.4) is 0 Å². The van der Waals surface area contributed by atoms with Crippen LogP contribution in [0.5, 0.6) is 5.75 Å². The van der Waals surface area contributed by atoms with Crippen molar-refractivity contribution in [1.82, 2.24) is 4.98 Å². The normalized spacial score (nSPS) is 10.5. The van der Waals surface area contributed by atoms with Crippen LogP contribution < -0.4 is 4.74 Å². The SMILES string of the molecule is COC(=O)c1cc(OCc2ccccc2)c2cc(F)ccc2n1. The summed E-state index contributed by atoms with van der Waals surface area (Å²) in [4.78, 5) is 15.9. The minimum atomic E-state index is -0.569. The van der Waals surface area contributed by atoms with Crippen molar-refractivity contribution in [2.45, 2.75) is 6.61 Å². The Bertz CT molecular complexity index is 850. The fourth-order valence-electron chi connectivity index (χ4n) is 2.23. The summed E-state index contributed by atoms with van der Waals surface area (Å²) in [5.74, 6) is -0.575. The maximum atomic E-state index is 13.5. The van der Waals surface area contributed by atoms with Crippen LogP contribution in [0.25, 0.3) is 10.9 Å². The third kappa shape index (κ3) is 3.29. The zero-order chi connectivity index (χ0) is 16.2. The summed E-state index contributed by atoms with van der Waals surface area (Å²) < 4.78 is 24.0. The van der Waals surface area contributed by atoms with Crippen LogP contribution in [0, 0.1) is 5.82 Å². The number of methoxy groups -OCH3 is 1. The van der Waals surface area contributed by atoms with Gasteiger partial charge in [0.05, 0.1) is 12.6 Å². The van der Waals surface area contributed by atoms with Gasteiger partial charge in [0.1, 0.15) is 18.2 Å². The van der Waals surface area contributed by atoms with Crippen LogP contribution in [-0.4, -0.2) is 18.1 Å². The minimum absolute atomic E-state index is 0.120. The lowest BCUT2D eigenvalue weighted by molar-refractivity contribution is 0.0594. The van der Waals surface area contributed by atoms with Crippen LogP contribution >= 0.6 is 0 Å². The molecule has 3 rings (SSSR count). The van der Waals surface area contributed by atoms with Gasteiger partial charge in [-0.1, -0.05) is 30.3 Å². The largest absolute Gasteiger partial charge is 0.488 e. The number of rotatable bonds is 4. The number of carbonyl (C=O) groups excluding carboxylic acids is 1. The highest BCUT2D eigenvalue weighted by atomic mass is 19.1. The number of halogens is 1. The molecule has 3 aromatic rings. The standard InChI is InChI=1S/C18H14FNO3/c1-22-18(21)16-10-17(23-11-12-5-3-2-4-6-12)14-9-13(19)7-8-15(14)20-16/h2-10H,11H2,1H3. The zero-order valence-corrected chi connectivity index (χ0v) is 12.5. The zero-order valence-electron chi connectivity index (χ0n) is 12.5. The monoisotopic (exact) mass is 311 g/mol. The summed E-state index contributed by atoms with van der Waals surface area (Å²) in [6.07, 6.45) is 0. The molecule has 0 unspecified atom stereocenters. The maximum Gasteiger partial charge on any atom is 0.356 e. The Morgan fingerprint density at radius 3 is 2.65 bits per heavy atom. The molecule has 116 valence electrons. The Balaban J connectivity index is 2.01. The van der Waals surface area contributed by atoms with Crippen molar-refractivity contribution in [2.75, 3.05) is 7.11 Å². The van der Waals surface area contributed by atoms with Crippen LogP contribution in [0.1, 0.15) is 16.1 Å². The number of benzene rings is 2. The highest BCUT2D eigenvalue weighted by Crippen LogP contribution is 2.27. The third-order valence-electron chi connectivity index (χ3n) is 3.36. The molecule has 1 heterocycles. The second-order valence-electron chi connectivity index (χ2n) is 4.93. The van der Waals surface area contributed by atoms with Gasteiger partial charge in [-0.2, -0.15) is 0 Å². The Kier molecular flexibility index (Phi) is 4.19. The number of fused-ring (bicyclic) bond motifs is 1. The number of ether oxygens (including phenoxy) is 2. The fourth-order valence-corrected chi connectivity index (χ4v) is 2.23. The number of carbonyl (C=O) groups is 1. The lowest BCUT2D eigenvalue weighted by Gasteiger charge is -2.11. The average Bonchev–Trinajstić information content (AvgIpc) is 2.59. The van der Waals surface area contributed by atoms with E-state index in [4.69, 9.17) is 9.47 Å². The predicted octanol–water partition coefficient (Wildman–Crippen LogP) is 3.74. The molecule has 0 aliphatic rings. The Hall–Kier alpha value is -2.95. The number of hydrogen-bond acceptors (Lipinski definition) is 4. The molecule has 2 aromatic carbocycles. The summed E-state index contributed by atoms with van der Waals surface area (Å²) in [6.45, 7) is 0.303. The van der Waals surface area contributed by atoms with Gasteiger partial charge in [-0.3, -0.25) is 0 Å². The van der Waals surface area contributed by atoms with E-state index in [1.807, 2.05) is 30.3 Å². The molecule has 0 spiro atoms. The molecule has 0 saturated heterocycles. The molecule has 23 heavy (non-hydrogen) atoms. The van der Waals surface area contributed by atoms with Gasteiger partial charge in [0.25, 0.3) is 0 Å². The van der Waals surface area contributed by atoms with Gasteiger partial charge in [0.15, 0.2) is 5.69 Å². The third-order valence-corrected chi connectivity index (χ3v) is 3.36. The maximum absolute atomic E-state index is 13.5. The quantitative estimate of drug-likeness (QED) is 0.689. The fraction of sp³-hybridized carbons (Fsp3) is 0.111. The average molecular weight is 311 g/mol. The molecule has 0 aliphatic heterocycles. The molecule has 0 aliphatic carbocycles. The second-order valence-corrected chi connectivity index (χ2v) is 4.93. The molecule has 0 amide bonds. The van der Waals surface area contributed by atoms with E-state index in [0.29, 0.717) is 23.3 Å². The van der Waals surface area contributed by atoms with Gasteiger partial charge in [0.2, 0.25) is 0 Å². The van der Waals surface area contributed by atoms with Crippen LogP contribution in [0.2, 0.25) is 0 Å². The van der Waals surface area contributed by atoms with Crippen molar-refractivity contribution >= 4 is 16.9 Å². The molecule has 0 fully saturated rings. The summed E-state index contributed by atoms with van der Waals surface area (Å²) in [7, 11) is 1.28. The van der Waals surface area contributed by atoms with Crippen molar-refractivity contribution < 1.29 is 18.7 Å². The minimum Gasteiger partial charge on any atom is -0.488 e. The summed E-state index contributed by atoms with van der Waals surface area (Å²) in [6, 6.07) is 15.2. The van der Waals surface area contributed by atoms with E-state index in [-0.39, 0.29) is 5.69 Å². The van der Waals surface area contributed by atoms with E-state index >= 15 is 0 Å². The molecular formula is C18H14FNO3. The number of aromatic nitrogens is 1. The van der Waals surface area contributed by atoms with Gasteiger partial charge in [0, 0.05) is 11.5 Å². The Labute approximate surface area is 132 Å². The number of nitrogens with zero attached hydrogens (tertiary/aromatic N) is 1. The lowest BCUT2D eigenvalue weighted by atomic mass is 10.1. The Morgan fingerprint density at radius 1 is 1.13 bits per heavy atom. The molecule has 5 heteroatoms. The van der Waals surface area contributed by atoms with Crippen molar-refractivity contribution in [3.05, 3.63) is 71.7 Å². The summed E-state index contributed by atoms with van der Waals surface area (Å²) in [5, 5.41) is 0.508.